The van der Waals surface area contributed by atoms with E-state index in [9.17, 15) is 4.79 Å². The maximum Gasteiger partial charge on any atom is 0.274 e. The Balaban J connectivity index is 1.86. The predicted molar refractivity (Wildman–Crippen MR) is 107 cm³/mol. The lowest BCUT2D eigenvalue weighted by atomic mass is 10.1. The predicted octanol–water partition coefficient (Wildman–Crippen LogP) is 5.11. The second-order valence-corrected chi connectivity index (χ2v) is 6.18. The number of carbonyl (C=O) groups is 1. The fourth-order valence-corrected chi connectivity index (χ4v) is 2.91. The van der Waals surface area contributed by atoms with Crippen LogP contribution < -0.4 is 10.2 Å². The zero-order chi connectivity index (χ0) is 18.5. The molecule has 0 aliphatic heterocycles. The highest BCUT2D eigenvalue weighted by Gasteiger charge is 2.13. The molecule has 4 heteroatoms. The quantitative estimate of drug-likeness (QED) is 0.699. The van der Waals surface area contributed by atoms with E-state index >= 15 is 0 Å². The topological polar surface area (TPSA) is 45.2 Å². The summed E-state index contributed by atoms with van der Waals surface area (Å²) < 4.78 is 0. The van der Waals surface area contributed by atoms with E-state index in [-0.39, 0.29) is 5.91 Å². The first kappa shape index (κ1) is 17.7. The number of benzene rings is 2. The van der Waals surface area contributed by atoms with Crippen LogP contribution in [0, 0.1) is 13.8 Å². The Labute approximate surface area is 154 Å². The first-order valence-electron chi connectivity index (χ1n) is 8.76. The molecular weight excluding hydrogens is 322 g/mol. The molecule has 0 unspecified atom stereocenters. The summed E-state index contributed by atoms with van der Waals surface area (Å²) >= 11 is 0. The van der Waals surface area contributed by atoms with Crippen molar-refractivity contribution in [2.75, 3.05) is 16.8 Å². The van der Waals surface area contributed by atoms with Gasteiger partial charge in [-0.05, 0) is 62.2 Å². The average Bonchev–Trinajstić information content (AvgIpc) is 2.67. The van der Waals surface area contributed by atoms with Crippen molar-refractivity contribution in [3.8, 4) is 0 Å². The Morgan fingerprint density at radius 3 is 2.50 bits per heavy atom. The fraction of sp³-hybridized carbons (Fsp3) is 0.182. The molecule has 0 spiro atoms. The Morgan fingerprint density at radius 1 is 1.00 bits per heavy atom. The van der Waals surface area contributed by atoms with Crippen molar-refractivity contribution >= 4 is 23.0 Å². The summed E-state index contributed by atoms with van der Waals surface area (Å²) in [7, 11) is 0. The third-order valence-corrected chi connectivity index (χ3v) is 4.52. The summed E-state index contributed by atoms with van der Waals surface area (Å²) in [6.07, 6.45) is 1.68. The summed E-state index contributed by atoms with van der Waals surface area (Å²) in [4.78, 5) is 19.1. The van der Waals surface area contributed by atoms with Crippen molar-refractivity contribution in [2.45, 2.75) is 20.8 Å². The summed E-state index contributed by atoms with van der Waals surface area (Å²) in [6.45, 7) is 6.92. The van der Waals surface area contributed by atoms with Gasteiger partial charge in [0.25, 0.3) is 5.91 Å². The highest BCUT2D eigenvalue weighted by molar-refractivity contribution is 6.03. The molecule has 4 nitrogen and oxygen atoms in total. The molecule has 26 heavy (non-hydrogen) atoms. The van der Waals surface area contributed by atoms with Gasteiger partial charge in [0, 0.05) is 29.8 Å². The van der Waals surface area contributed by atoms with Gasteiger partial charge in [0.15, 0.2) is 0 Å². The molecule has 3 rings (SSSR count). The number of anilines is 3. The van der Waals surface area contributed by atoms with Gasteiger partial charge in [-0.25, -0.2) is 0 Å². The molecule has 0 bridgehead atoms. The lowest BCUT2D eigenvalue weighted by Crippen LogP contribution is -2.19. The molecule has 3 aromatic rings. The van der Waals surface area contributed by atoms with Crippen molar-refractivity contribution in [2.24, 2.45) is 0 Å². The molecule has 1 amide bonds. The molecule has 0 aliphatic rings. The molecule has 0 atom stereocenters. The van der Waals surface area contributed by atoms with Crippen LogP contribution in [-0.2, 0) is 0 Å². The van der Waals surface area contributed by atoms with Crippen molar-refractivity contribution in [3.05, 3.63) is 83.7 Å². The number of nitrogens with one attached hydrogen (secondary N) is 1. The van der Waals surface area contributed by atoms with E-state index in [1.807, 2.05) is 62.4 Å². The number of nitrogens with zero attached hydrogens (tertiary/aromatic N) is 2. The molecule has 1 heterocycles. The smallest absolute Gasteiger partial charge is 0.274 e. The van der Waals surface area contributed by atoms with Crippen molar-refractivity contribution in [1.29, 1.82) is 0 Å². The monoisotopic (exact) mass is 345 g/mol. The van der Waals surface area contributed by atoms with Crippen molar-refractivity contribution in [3.63, 3.8) is 0 Å². The highest BCUT2D eigenvalue weighted by atomic mass is 16.1. The van der Waals surface area contributed by atoms with E-state index in [1.54, 1.807) is 6.20 Å². The van der Waals surface area contributed by atoms with Crippen molar-refractivity contribution in [1.82, 2.24) is 4.98 Å². The first-order chi connectivity index (χ1) is 12.6. The third-order valence-electron chi connectivity index (χ3n) is 4.52. The van der Waals surface area contributed by atoms with Gasteiger partial charge in [0.1, 0.15) is 5.69 Å². The van der Waals surface area contributed by atoms with Gasteiger partial charge in [0.05, 0.1) is 0 Å². The highest BCUT2D eigenvalue weighted by Crippen LogP contribution is 2.25. The third kappa shape index (κ3) is 3.75. The molecule has 1 aromatic heterocycles. The van der Waals surface area contributed by atoms with Crippen LogP contribution >= 0.6 is 0 Å². The Hall–Kier alpha value is -3.14. The van der Waals surface area contributed by atoms with Crippen LogP contribution in [0.25, 0.3) is 0 Å². The lowest BCUT2D eigenvalue weighted by molar-refractivity contribution is 0.102. The van der Waals surface area contributed by atoms with Gasteiger partial charge in [0.2, 0.25) is 0 Å². The van der Waals surface area contributed by atoms with Gasteiger partial charge in [-0.15, -0.1) is 0 Å². The molecule has 1 N–H and O–H groups in total. The van der Waals surface area contributed by atoms with E-state index in [0.29, 0.717) is 5.69 Å². The van der Waals surface area contributed by atoms with E-state index in [0.717, 1.165) is 34.7 Å². The van der Waals surface area contributed by atoms with Crippen LogP contribution in [0.15, 0.2) is 66.9 Å². The van der Waals surface area contributed by atoms with E-state index in [2.05, 4.69) is 34.3 Å². The maximum atomic E-state index is 12.7. The van der Waals surface area contributed by atoms with E-state index in [1.165, 1.54) is 0 Å². The van der Waals surface area contributed by atoms with Crippen LogP contribution in [0.2, 0.25) is 0 Å². The van der Waals surface area contributed by atoms with E-state index in [4.69, 9.17) is 0 Å². The van der Waals surface area contributed by atoms with Gasteiger partial charge in [-0.3, -0.25) is 9.78 Å². The number of amides is 1. The number of aryl methyl sites for hydroxylation is 1. The SMILES string of the molecule is CCN(c1ccccc1)c1ccnc(C(=O)Nc2cccc(C)c2C)c1. The van der Waals surface area contributed by atoms with Gasteiger partial charge < -0.3 is 10.2 Å². The van der Waals surface area contributed by atoms with Gasteiger partial charge >= 0.3 is 0 Å². The lowest BCUT2D eigenvalue weighted by Gasteiger charge is -2.23. The normalized spacial score (nSPS) is 10.4. The minimum absolute atomic E-state index is 0.204. The Bertz CT molecular complexity index is 906. The fourth-order valence-electron chi connectivity index (χ4n) is 2.91. The minimum atomic E-state index is -0.204. The first-order valence-corrected chi connectivity index (χ1v) is 8.76. The molecular formula is C22H23N3O. The maximum absolute atomic E-state index is 12.7. The van der Waals surface area contributed by atoms with Gasteiger partial charge in [-0.2, -0.15) is 0 Å². The number of hydrogen-bond donors (Lipinski definition) is 1. The molecule has 0 saturated heterocycles. The molecule has 2 aromatic carbocycles. The number of para-hydroxylation sites is 1. The Kier molecular flexibility index (Phi) is 5.32. The van der Waals surface area contributed by atoms with Crippen molar-refractivity contribution < 1.29 is 4.79 Å². The zero-order valence-electron chi connectivity index (χ0n) is 15.4. The average molecular weight is 345 g/mol. The molecule has 0 fully saturated rings. The van der Waals surface area contributed by atoms with Crippen LogP contribution in [0.4, 0.5) is 17.1 Å². The Morgan fingerprint density at radius 2 is 1.77 bits per heavy atom. The summed E-state index contributed by atoms with van der Waals surface area (Å²) in [5.41, 5.74) is 5.46. The minimum Gasteiger partial charge on any atom is -0.342 e. The summed E-state index contributed by atoms with van der Waals surface area (Å²) in [5.74, 6) is -0.204. The number of aromatic nitrogens is 1. The van der Waals surface area contributed by atoms with E-state index < -0.39 is 0 Å². The largest absolute Gasteiger partial charge is 0.342 e. The second kappa shape index (κ2) is 7.83. The summed E-state index contributed by atoms with van der Waals surface area (Å²) in [5, 5.41) is 2.97. The zero-order valence-corrected chi connectivity index (χ0v) is 15.4. The number of rotatable bonds is 5. The van der Waals surface area contributed by atoms with Crippen LogP contribution in [-0.4, -0.2) is 17.4 Å². The summed E-state index contributed by atoms with van der Waals surface area (Å²) in [6, 6.07) is 19.8. The molecule has 0 aliphatic carbocycles. The standard InChI is InChI=1S/C22H23N3O/c1-4-25(18-10-6-5-7-11-18)19-13-14-23-21(15-19)22(26)24-20-12-8-9-16(2)17(20)3/h5-15H,4H2,1-3H3,(H,24,26). The number of carbonyl (C=O) groups excluding carboxylic acids is 1. The number of pyridine rings is 1. The number of hydrogen-bond acceptors (Lipinski definition) is 3. The van der Waals surface area contributed by atoms with Gasteiger partial charge in [-0.1, -0.05) is 30.3 Å². The molecule has 132 valence electrons. The molecule has 0 saturated carbocycles. The van der Waals surface area contributed by atoms with Crippen LogP contribution in [0.5, 0.6) is 0 Å². The van der Waals surface area contributed by atoms with Crippen LogP contribution in [0.3, 0.4) is 0 Å². The second-order valence-electron chi connectivity index (χ2n) is 6.18. The molecule has 0 radical (unpaired) electrons. The van der Waals surface area contributed by atoms with Crippen LogP contribution in [0.1, 0.15) is 28.5 Å².